The van der Waals surface area contributed by atoms with Gasteiger partial charge in [-0.25, -0.2) is 26.1 Å². The number of carbonyl (C=O) groups excluding carboxylic acids is 2. The zero-order valence-corrected chi connectivity index (χ0v) is 33.6. The molecule has 0 aromatic heterocycles. The lowest BCUT2D eigenvalue weighted by Crippen LogP contribution is -2.56. The zero-order chi connectivity index (χ0) is 37.8. The fraction of sp³-hybridized carbons (Fsp3) is 0.944. The van der Waals surface area contributed by atoms with Gasteiger partial charge < -0.3 is 20.4 Å². The smallest absolute Gasteiger partial charge is 0.227 e. The molecule has 2 amide bonds. The summed E-state index contributed by atoms with van der Waals surface area (Å²) in [5.74, 6) is -1.78. The molecule has 0 heterocycles. The number of hydrogen-bond donors (Lipinski definition) is 4. The van der Waals surface area contributed by atoms with Gasteiger partial charge in [0.05, 0.1) is 28.7 Å². The second-order valence-electron chi connectivity index (χ2n) is 15.7. The maximum absolute atomic E-state index is 14.2. The summed E-state index contributed by atoms with van der Waals surface area (Å²) in [7, 11) is -4.49. The summed E-state index contributed by atoms with van der Waals surface area (Å²) in [6.07, 6.45) is 9.17. The Bertz CT molecular complexity index is 1280. The fourth-order valence-electron chi connectivity index (χ4n) is 8.21. The van der Waals surface area contributed by atoms with Crippen LogP contribution in [0.25, 0.3) is 0 Å². The number of nitrogens with one attached hydrogen (secondary N) is 2. The van der Waals surface area contributed by atoms with E-state index in [4.69, 9.17) is 0 Å². The molecule has 0 saturated heterocycles. The molecule has 3 fully saturated rings. The van der Waals surface area contributed by atoms with Crippen LogP contribution in [0.15, 0.2) is 0 Å². The van der Waals surface area contributed by atoms with Gasteiger partial charge in [0.2, 0.25) is 31.9 Å². The number of sulfonamides is 2. The topological polar surface area (TPSA) is 177 Å². The molecule has 0 aliphatic heterocycles. The van der Waals surface area contributed by atoms with E-state index < -0.39 is 60.4 Å². The van der Waals surface area contributed by atoms with Gasteiger partial charge in [0.15, 0.2) is 0 Å². The van der Waals surface area contributed by atoms with Gasteiger partial charge in [-0.15, -0.1) is 4.83 Å². The lowest BCUT2D eigenvalue weighted by atomic mass is 9.79. The summed E-state index contributed by atoms with van der Waals surface area (Å²) in [6.45, 7) is 7.50. The third-order valence-electron chi connectivity index (χ3n) is 11.2. The molecule has 298 valence electrons. The van der Waals surface area contributed by atoms with Crippen LogP contribution < -0.4 is 10.1 Å². The van der Waals surface area contributed by atoms with Crippen LogP contribution in [0.2, 0.25) is 0 Å². The van der Waals surface area contributed by atoms with Crippen LogP contribution in [0.3, 0.4) is 0 Å². The number of carbonyl (C=O) groups is 2. The zero-order valence-electron chi connectivity index (χ0n) is 32.0. The third kappa shape index (κ3) is 13.2. The summed E-state index contributed by atoms with van der Waals surface area (Å²) in [5.41, 5.74) is 0. The van der Waals surface area contributed by atoms with Crippen molar-refractivity contribution in [3.05, 3.63) is 0 Å². The molecular formula is C36H69N5O8S2. The van der Waals surface area contributed by atoms with E-state index >= 15 is 0 Å². The van der Waals surface area contributed by atoms with Crippen LogP contribution in [-0.2, 0) is 29.6 Å². The number of hydrazine groups is 1. The average Bonchev–Trinajstić information content (AvgIpc) is 3.10. The maximum Gasteiger partial charge on any atom is 0.227 e. The second kappa shape index (κ2) is 20.9. The lowest BCUT2D eigenvalue weighted by molar-refractivity contribution is -0.138. The minimum Gasteiger partial charge on any atom is -0.393 e. The molecule has 0 spiro atoms. The highest BCUT2D eigenvalue weighted by molar-refractivity contribution is 7.90. The van der Waals surface area contributed by atoms with Crippen molar-refractivity contribution in [1.82, 2.24) is 24.4 Å². The van der Waals surface area contributed by atoms with Crippen molar-refractivity contribution in [1.29, 1.82) is 0 Å². The lowest BCUT2D eigenvalue weighted by Gasteiger charge is -2.38. The van der Waals surface area contributed by atoms with Crippen molar-refractivity contribution in [3.63, 3.8) is 0 Å². The molecule has 15 heteroatoms. The Balaban J connectivity index is 1.86. The molecule has 0 radical (unpaired) electrons. The number of unbranched alkanes of at least 4 members (excludes halogenated alkanes) is 1. The van der Waals surface area contributed by atoms with E-state index in [2.05, 4.69) is 10.1 Å². The van der Waals surface area contributed by atoms with Crippen LogP contribution in [0.1, 0.15) is 130 Å². The van der Waals surface area contributed by atoms with E-state index in [9.17, 15) is 36.6 Å². The van der Waals surface area contributed by atoms with Gasteiger partial charge in [0, 0.05) is 52.1 Å². The number of rotatable bonds is 20. The first-order chi connectivity index (χ1) is 24.1. The molecule has 13 nitrogen and oxygen atoms in total. The van der Waals surface area contributed by atoms with Crippen molar-refractivity contribution in [2.24, 2.45) is 17.8 Å². The fourth-order valence-corrected chi connectivity index (χ4v) is 11.4. The molecule has 5 unspecified atom stereocenters. The predicted octanol–water partition coefficient (Wildman–Crippen LogP) is 3.37. The number of hydrogen-bond acceptors (Lipinski definition) is 9. The summed E-state index contributed by atoms with van der Waals surface area (Å²) in [6, 6.07) is -0.738. The summed E-state index contributed by atoms with van der Waals surface area (Å²) >= 11 is 0. The summed E-state index contributed by atoms with van der Waals surface area (Å²) in [5, 5.41) is 25.2. The van der Waals surface area contributed by atoms with E-state index in [1.54, 1.807) is 9.91 Å². The van der Waals surface area contributed by atoms with Crippen molar-refractivity contribution in [2.45, 2.75) is 159 Å². The molecule has 3 rings (SSSR count). The molecule has 51 heavy (non-hydrogen) atoms. The molecular weight excluding hydrogens is 695 g/mol. The van der Waals surface area contributed by atoms with Gasteiger partial charge >= 0.3 is 0 Å². The van der Waals surface area contributed by atoms with Crippen molar-refractivity contribution in [3.8, 4) is 0 Å². The first-order valence-corrected chi connectivity index (χ1v) is 22.8. The number of aliphatic hydroxyl groups excluding tert-OH is 2. The predicted molar refractivity (Wildman–Crippen MR) is 200 cm³/mol. The molecule has 0 aromatic carbocycles. The monoisotopic (exact) mass is 763 g/mol. The first-order valence-electron chi connectivity index (χ1n) is 19.8. The van der Waals surface area contributed by atoms with Crippen molar-refractivity contribution < 1.29 is 36.6 Å². The minimum atomic E-state index is -3.77. The quantitative estimate of drug-likeness (QED) is 0.136. The van der Waals surface area contributed by atoms with E-state index in [0.29, 0.717) is 58.2 Å². The molecule has 3 aliphatic carbocycles. The first kappa shape index (κ1) is 44.0. The van der Waals surface area contributed by atoms with Crippen LogP contribution in [0, 0.1) is 17.8 Å². The standard InChI is InChI=1S/C36H69N5O8S2/c1-6-9-21-41(38-50(46,47)31-13-11-10-12-14-31)26-34(43)33(22-27-15-17-30(42)18-16-27)37-35(44)28-23-29(36(45)40(19-7-2)20-8-3)25-32(24-28)51(48,49)39(4)5/h27-34,38,42-43H,6-26H2,1-5H3,(H,37,44). The minimum absolute atomic E-state index is 0.0291. The highest BCUT2D eigenvalue weighted by Gasteiger charge is 2.44. The highest BCUT2D eigenvalue weighted by Crippen LogP contribution is 2.36. The van der Waals surface area contributed by atoms with Gasteiger partial charge in [-0.1, -0.05) is 46.5 Å². The Morgan fingerprint density at radius 1 is 0.784 bits per heavy atom. The number of aliphatic hydroxyl groups is 2. The molecule has 0 aromatic rings. The van der Waals surface area contributed by atoms with E-state index in [1.807, 2.05) is 20.8 Å². The highest BCUT2D eigenvalue weighted by atomic mass is 32.2. The van der Waals surface area contributed by atoms with Crippen LogP contribution in [0.5, 0.6) is 0 Å². The van der Waals surface area contributed by atoms with Crippen molar-refractivity contribution >= 4 is 31.9 Å². The maximum atomic E-state index is 14.2. The summed E-state index contributed by atoms with van der Waals surface area (Å²) < 4.78 is 54.9. The van der Waals surface area contributed by atoms with E-state index in [0.717, 1.165) is 51.4 Å². The Hall–Kier alpha value is -1.36. The van der Waals surface area contributed by atoms with Gasteiger partial charge in [0.25, 0.3) is 0 Å². The van der Waals surface area contributed by atoms with Gasteiger partial charge in [-0.2, -0.15) is 0 Å². The van der Waals surface area contributed by atoms with Crippen LogP contribution in [-0.4, -0.2) is 122 Å². The summed E-state index contributed by atoms with van der Waals surface area (Å²) in [4.78, 5) is 32.6. The van der Waals surface area contributed by atoms with Gasteiger partial charge in [0.1, 0.15) is 0 Å². The van der Waals surface area contributed by atoms with Crippen LogP contribution in [0.4, 0.5) is 0 Å². The SMILES string of the molecule is CCCCN(CC(O)C(CC1CCC(O)CC1)NC(=O)C1CC(C(=O)N(CCC)CCC)CC(S(=O)(=O)N(C)C)C1)NS(=O)(=O)C1CCCCC1. The number of amides is 2. The van der Waals surface area contributed by atoms with Crippen molar-refractivity contribution in [2.75, 3.05) is 40.3 Å². The molecule has 4 N–H and O–H groups in total. The Kier molecular flexibility index (Phi) is 18.1. The molecule has 3 saturated carbocycles. The van der Waals surface area contributed by atoms with E-state index in [-0.39, 0.29) is 43.7 Å². The average molecular weight is 764 g/mol. The van der Waals surface area contributed by atoms with Gasteiger partial charge in [-0.05, 0) is 89.4 Å². The molecule has 0 bridgehead atoms. The van der Waals surface area contributed by atoms with Crippen LogP contribution >= 0.6 is 0 Å². The third-order valence-corrected chi connectivity index (χ3v) is 15.4. The second-order valence-corrected chi connectivity index (χ2v) is 20.0. The largest absolute Gasteiger partial charge is 0.393 e. The Labute approximate surface area is 308 Å². The van der Waals surface area contributed by atoms with E-state index in [1.165, 1.54) is 18.4 Å². The Morgan fingerprint density at radius 2 is 1.39 bits per heavy atom. The normalized spacial score (nSPS) is 26.6. The van der Waals surface area contributed by atoms with Gasteiger partial charge in [-0.3, -0.25) is 9.59 Å². The molecule has 3 aliphatic rings. The molecule has 5 atom stereocenters. The Morgan fingerprint density at radius 3 is 1.96 bits per heavy atom. The number of nitrogens with zero attached hydrogens (tertiary/aromatic N) is 3.